The quantitative estimate of drug-likeness (QED) is 0.101. The van der Waals surface area contributed by atoms with E-state index in [-0.39, 0.29) is 0 Å². The largest absolute Gasteiger partial charge is 0.294 e. The fraction of sp³-hybridized carbons (Fsp3) is 0. The molecule has 0 amide bonds. The Balaban J connectivity index is 1.08. The van der Waals surface area contributed by atoms with Crippen LogP contribution >= 0.6 is 0 Å². The minimum atomic E-state index is -3.12. The summed E-state index contributed by atoms with van der Waals surface area (Å²) in [6.45, 7) is 0. The predicted molar refractivity (Wildman–Crippen MR) is 283 cm³/mol. The Morgan fingerprint density at radius 2 is 0.603 bits per heavy atom. The van der Waals surface area contributed by atoms with E-state index in [1.54, 1.807) is 0 Å². The number of para-hydroxylation sites is 2. The maximum atomic E-state index is 5.48. The molecule has 12 aromatic rings. The smallest absolute Gasteiger partial charge is 0.179 e. The molecule has 0 atom stereocenters. The minimum absolute atomic E-state index is 0.655. The average molecular weight is 886 g/mol. The third-order valence-corrected chi connectivity index (χ3v) is 17.7. The third kappa shape index (κ3) is 7.30. The van der Waals surface area contributed by atoms with Crippen LogP contribution in [-0.4, -0.2) is 32.6 Å². The average Bonchev–Trinajstić information content (AvgIpc) is 3.77. The highest BCUT2D eigenvalue weighted by Crippen LogP contribution is 2.34. The van der Waals surface area contributed by atoms with Crippen LogP contribution < -0.4 is 20.7 Å². The van der Waals surface area contributed by atoms with Crippen LogP contribution in [0.1, 0.15) is 0 Å². The zero-order chi connectivity index (χ0) is 45.3. The van der Waals surface area contributed by atoms with Gasteiger partial charge in [-0.2, -0.15) is 0 Å². The van der Waals surface area contributed by atoms with Crippen molar-refractivity contribution in [2.45, 2.75) is 0 Å². The molecule has 5 nitrogen and oxygen atoms in total. The summed E-state index contributed by atoms with van der Waals surface area (Å²) in [6, 6.07) is 92.5. The van der Waals surface area contributed by atoms with E-state index in [1.165, 1.54) is 31.5 Å². The molecule has 68 heavy (non-hydrogen) atoms. The number of rotatable bonds is 10. The lowest BCUT2D eigenvalue weighted by molar-refractivity contribution is 1.05. The van der Waals surface area contributed by atoms with E-state index in [4.69, 9.17) is 19.9 Å². The number of nitrogens with zero attached hydrogens (tertiary/aromatic N) is 5. The second-order valence-electron chi connectivity index (χ2n) is 17.0. The Morgan fingerprint density at radius 3 is 1.04 bits per heavy atom. The van der Waals surface area contributed by atoms with Crippen molar-refractivity contribution in [1.29, 1.82) is 0 Å². The highest BCUT2D eigenvalue weighted by Gasteiger charge is 2.42. The molecule has 0 saturated heterocycles. The van der Waals surface area contributed by atoms with E-state index in [0.29, 0.717) is 11.6 Å². The molecule has 0 bridgehead atoms. The highest BCUT2D eigenvalue weighted by atomic mass is 28.3. The van der Waals surface area contributed by atoms with Gasteiger partial charge in [-0.3, -0.25) is 4.57 Å². The zero-order valence-electron chi connectivity index (χ0n) is 37.1. The van der Waals surface area contributed by atoms with Crippen molar-refractivity contribution in [3.05, 3.63) is 261 Å². The Hall–Kier alpha value is -8.84. The van der Waals surface area contributed by atoms with Crippen molar-refractivity contribution in [3.8, 4) is 62.4 Å². The van der Waals surface area contributed by atoms with Gasteiger partial charge in [-0.1, -0.05) is 237 Å². The summed E-state index contributed by atoms with van der Waals surface area (Å²) in [5.41, 5.74) is 9.79. The summed E-state index contributed by atoms with van der Waals surface area (Å²) in [5.74, 6) is 2.14. The van der Waals surface area contributed by atoms with Crippen molar-refractivity contribution in [2.24, 2.45) is 0 Å². The van der Waals surface area contributed by atoms with E-state index in [0.717, 1.165) is 61.8 Å². The molecule has 0 aliphatic rings. The lowest BCUT2D eigenvalue weighted by Crippen LogP contribution is -2.74. The summed E-state index contributed by atoms with van der Waals surface area (Å²) >= 11 is 0. The van der Waals surface area contributed by atoms with Gasteiger partial charge in [-0.05, 0) is 38.9 Å². The summed E-state index contributed by atoms with van der Waals surface area (Å²) in [7, 11) is -3.12. The molecule has 3 heterocycles. The normalized spacial score (nSPS) is 11.5. The Labute approximate surface area is 396 Å². The maximum absolute atomic E-state index is 5.48. The molecule has 320 valence electrons. The standard InChI is InChI=1S/C62H43N5Si/c1-6-22-44(23-7-1)55-42-56(45-24-8-2-9-25-45)64-61(63-55)47-28-20-34-51(40-47)68(49-30-12-4-13-31-49,50-32-14-5-15-33-50)52-35-21-29-48(41-52)62-65-57(46-26-10-3-11-27-46)43-60(66-62)67-58-38-18-16-36-53(58)54-37-17-19-39-59(54)67/h1-43H. The van der Waals surface area contributed by atoms with Gasteiger partial charge in [0.2, 0.25) is 0 Å². The van der Waals surface area contributed by atoms with Gasteiger partial charge in [-0.25, -0.2) is 19.9 Å². The lowest BCUT2D eigenvalue weighted by Gasteiger charge is -2.35. The van der Waals surface area contributed by atoms with Crippen molar-refractivity contribution in [2.75, 3.05) is 0 Å². The van der Waals surface area contributed by atoms with Gasteiger partial charge in [0.1, 0.15) is 5.82 Å². The fourth-order valence-corrected chi connectivity index (χ4v) is 14.7. The molecule has 0 radical (unpaired) electrons. The molecule has 0 aliphatic heterocycles. The lowest BCUT2D eigenvalue weighted by atomic mass is 10.1. The first-order valence-corrected chi connectivity index (χ1v) is 25.0. The molecule has 0 saturated carbocycles. The van der Waals surface area contributed by atoms with Gasteiger partial charge in [0, 0.05) is 44.7 Å². The SMILES string of the molecule is c1ccc(-c2cc(-c3ccccc3)nc(-c3cccc([Si](c4ccccc4)(c4ccccc4)c4cccc(-c5nc(-c6ccccc6)cc(-n6c7ccccc7c7ccccc76)n5)c4)c3)n2)cc1. The Morgan fingerprint density at radius 1 is 0.265 bits per heavy atom. The van der Waals surface area contributed by atoms with Crippen molar-refractivity contribution < 1.29 is 0 Å². The van der Waals surface area contributed by atoms with E-state index in [9.17, 15) is 0 Å². The molecular formula is C62H43N5Si. The van der Waals surface area contributed by atoms with Crippen LogP contribution in [0.5, 0.6) is 0 Å². The number of hydrogen-bond acceptors (Lipinski definition) is 4. The van der Waals surface area contributed by atoms with Crippen LogP contribution in [0.4, 0.5) is 0 Å². The van der Waals surface area contributed by atoms with Gasteiger partial charge in [-0.15, -0.1) is 0 Å². The first-order valence-electron chi connectivity index (χ1n) is 23.0. The fourth-order valence-electron chi connectivity index (χ4n) is 9.85. The number of hydrogen-bond donors (Lipinski definition) is 0. The van der Waals surface area contributed by atoms with Crippen LogP contribution in [0.25, 0.3) is 84.2 Å². The highest BCUT2D eigenvalue weighted by molar-refractivity contribution is 7.20. The molecule has 12 rings (SSSR count). The van der Waals surface area contributed by atoms with Crippen LogP contribution in [0.15, 0.2) is 261 Å². The molecule has 0 fully saturated rings. The van der Waals surface area contributed by atoms with E-state index < -0.39 is 8.07 Å². The van der Waals surface area contributed by atoms with Crippen LogP contribution in [-0.2, 0) is 0 Å². The van der Waals surface area contributed by atoms with Gasteiger partial charge in [0.25, 0.3) is 0 Å². The van der Waals surface area contributed by atoms with E-state index >= 15 is 0 Å². The number of benzene rings is 9. The van der Waals surface area contributed by atoms with Gasteiger partial charge >= 0.3 is 0 Å². The van der Waals surface area contributed by atoms with Crippen LogP contribution in [0.3, 0.4) is 0 Å². The summed E-state index contributed by atoms with van der Waals surface area (Å²) < 4.78 is 2.28. The topological polar surface area (TPSA) is 56.5 Å². The molecule has 0 aliphatic carbocycles. The van der Waals surface area contributed by atoms with Crippen LogP contribution in [0.2, 0.25) is 0 Å². The second-order valence-corrected chi connectivity index (χ2v) is 20.8. The second kappa shape index (κ2) is 17.5. The third-order valence-electron chi connectivity index (χ3n) is 13.0. The molecule has 0 spiro atoms. The van der Waals surface area contributed by atoms with Crippen molar-refractivity contribution >= 4 is 50.6 Å². The number of fused-ring (bicyclic) bond motifs is 3. The predicted octanol–water partition coefficient (Wildman–Crippen LogP) is 12.1. The van der Waals surface area contributed by atoms with Gasteiger partial charge in [0.05, 0.1) is 28.1 Å². The molecular weight excluding hydrogens is 843 g/mol. The summed E-state index contributed by atoms with van der Waals surface area (Å²) in [6.07, 6.45) is 0. The van der Waals surface area contributed by atoms with E-state index in [2.05, 4.69) is 247 Å². The van der Waals surface area contributed by atoms with Crippen molar-refractivity contribution in [1.82, 2.24) is 24.5 Å². The summed E-state index contributed by atoms with van der Waals surface area (Å²) in [5, 5.41) is 7.31. The number of aromatic nitrogens is 5. The maximum Gasteiger partial charge on any atom is 0.179 e. The van der Waals surface area contributed by atoms with Crippen LogP contribution in [0, 0.1) is 0 Å². The summed E-state index contributed by atoms with van der Waals surface area (Å²) in [4.78, 5) is 21.4. The molecule has 6 heteroatoms. The van der Waals surface area contributed by atoms with E-state index in [1.807, 2.05) is 18.2 Å². The van der Waals surface area contributed by atoms with Gasteiger partial charge in [0.15, 0.2) is 19.7 Å². The first kappa shape index (κ1) is 40.7. The van der Waals surface area contributed by atoms with Crippen molar-refractivity contribution in [3.63, 3.8) is 0 Å². The minimum Gasteiger partial charge on any atom is -0.294 e. The molecule has 0 N–H and O–H groups in total. The first-order chi connectivity index (χ1) is 33.7. The molecule has 3 aromatic heterocycles. The van der Waals surface area contributed by atoms with Gasteiger partial charge < -0.3 is 0 Å². The monoisotopic (exact) mass is 885 g/mol. The Bertz CT molecular complexity index is 3580. The molecule has 9 aromatic carbocycles. The Kier molecular flexibility index (Phi) is 10.5. The molecule has 0 unspecified atom stereocenters. The zero-order valence-corrected chi connectivity index (χ0v) is 38.1.